The monoisotopic (exact) mass is 506 g/mol. The fourth-order valence-corrected chi connectivity index (χ4v) is 10.7. The van der Waals surface area contributed by atoms with Gasteiger partial charge in [-0.05, 0) is 91.3 Å². The molecule has 37 heavy (non-hydrogen) atoms. The highest BCUT2D eigenvalue weighted by Crippen LogP contribution is 2.75. The average molecular weight is 507 g/mol. The molecule has 5 rings (SSSR count). The Labute approximate surface area is 223 Å². The maximum Gasteiger partial charge on any atom is 0.226 e. The zero-order valence-corrected chi connectivity index (χ0v) is 24.0. The highest BCUT2D eigenvalue weighted by atomic mass is 16.2. The molecule has 0 bridgehead atoms. The van der Waals surface area contributed by atoms with Crippen LogP contribution in [0.4, 0.5) is 0 Å². The molecule has 5 aliphatic carbocycles. The van der Waals surface area contributed by atoms with Gasteiger partial charge in [-0.2, -0.15) is 5.26 Å². The molecule has 1 N–H and O–H groups in total. The highest BCUT2D eigenvalue weighted by Gasteiger charge is 2.72. The van der Waals surface area contributed by atoms with Gasteiger partial charge in [0, 0.05) is 24.8 Å². The Balaban J connectivity index is 1.62. The molecule has 4 unspecified atom stereocenters. The number of ketones is 2. The molecule has 0 aromatic heterocycles. The number of nitrogens with one attached hydrogen (secondary N) is 1. The van der Waals surface area contributed by atoms with Gasteiger partial charge >= 0.3 is 0 Å². The minimum Gasteiger partial charge on any atom is -0.356 e. The molecule has 1 amide bonds. The number of nitrogens with zero attached hydrogens (tertiary/aromatic N) is 1. The molecule has 0 radical (unpaired) electrons. The molecular formula is C32H46N2O3. The van der Waals surface area contributed by atoms with Gasteiger partial charge in [-0.25, -0.2) is 0 Å². The minimum atomic E-state index is -0.449. The second kappa shape index (κ2) is 8.27. The molecule has 5 heteroatoms. The molecule has 5 nitrogen and oxygen atoms in total. The van der Waals surface area contributed by atoms with Crippen LogP contribution in [0.15, 0.2) is 11.6 Å². The lowest BCUT2D eigenvalue weighted by atomic mass is 9.32. The Morgan fingerprint density at radius 3 is 2.35 bits per heavy atom. The summed E-state index contributed by atoms with van der Waals surface area (Å²) in [5, 5.41) is 13.0. The number of hydrogen-bond donors (Lipinski definition) is 1. The number of Topliss-reactive ketones (excluding diaryl/α,β-unsaturated/α-hetero) is 2. The summed E-state index contributed by atoms with van der Waals surface area (Å²) in [4.78, 5) is 41.1. The van der Waals surface area contributed by atoms with E-state index in [9.17, 15) is 19.6 Å². The summed E-state index contributed by atoms with van der Waals surface area (Å²) in [5.74, 6) is 0.462. The average Bonchev–Trinajstić information content (AvgIpc) is 2.82. The zero-order chi connectivity index (χ0) is 27.2. The fourth-order valence-electron chi connectivity index (χ4n) is 10.7. The van der Waals surface area contributed by atoms with Crippen molar-refractivity contribution in [1.29, 1.82) is 5.26 Å². The first-order valence-corrected chi connectivity index (χ1v) is 14.7. The van der Waals surface area contributed by atoms with Crippen LogP contribution in [-0.2, 0) is 14.4 Å². The summed E-state index contributed by atoms with van der Waals surface area (Å²) >= 11 is 0. The summed E-state index contributed by atoms with van der Waals surface area (Å²) < 4.78 is 0. The number of carbonyl (C=O) groups is 3. The second-order valence-electron chi connectivity index (χ2n) is 14.9. The molecule has 0 aromatic rings. The van der Waals surface area contributed by atoms with Crippen molar-refractivity contribution in [2.45, 2.75) is 99.8 Å². The molecule has 202 valence electrons. The molecule has 5 aliphatic rings. The lowest BCUT2D eigenvalue weighted by Gasteiger charge is -2.71. The zero-order valence-electron chi connectivity index (χ0n) is 24.0. The Morgan fingerprint density at radius 2 is 1.70 bits per heavy atom. The van der Waals surface area contributed by atoms with Crippen LogP contribution in [0.25, 0.3) is 0 Å². The van der Waals surface area contributed by atoms with Crippen molar-refractivity contribution in [1.82, 2.24) is 5.32 Å². The van der Waals surface area contributed by atoms with E-state index in [-0.39, 0.29) is 68.5 Å². The minimum absolute atomic E-state index is 0.0337. The molecule has 0 heterocycles. The van der Waals surface area contributed by atoms with Crippen molar-refractivity contribution in [3.05, 3.63) is 11.6 Å². The first kappa shape index (κ1) is 26.6. The van der Waals surface area contributed by atoms with Crippen LogP contribution in [0.2, 0.25) is 0 Å². The van der Waals surface area contributed by atoms with E-state index in [1.165, 1.54) is 0 Å². The lowest BCUT2D eigenvalue weighted by Crippen LogP contribution is -2.69. The van der Waals surface area contributed by atoms with Crippen LogP contribution < -0.4 is 5.32 Å². The third-order valence-electron chi connectivity index (χ3n) is 12.9. The maximum absolute atomic E-state index is 14.4. The van der Waals surface area contributed by atoms with Gasteiger partial charge in [-0.3, -0.25) is 14.4 Å². The van der Waals surface area contributed by atoms with Crippen LogP contribution >= 0.6 is 0 Å². The summed E-state index contributed by atoms with van der Waals surface area (Å²) in [7, 11) is 0. The summed E-state index contributed by atoms with van der Waals surface area (Å²) in [6.45, 7) is 16.2. The molecule has 0 saturated heterocycles. The van der Waals surface area contributed by atoms with Gasteiger partial charge in [0.1, 0.15) is 11.9 Å². The van der Waals surface area contributed by atoms with Gasteiger partial charge in [0.25, 0.3) is 0 Å². The van der Waals surface area contributed by atoms with Gasteiger partial charge < -0.3 is 5.32 Å². The van der Waals surface area contributed by atoms with Crippen LogP contribution in [0.3, 0.4) is 0 Å². The van der Waals surface area contributed by atoms with E-state index in [0.717, 1.165) is 44.9 Å². The normalized spacial score (nSPS) is 48.4. The smallest absolute Gasteiger partial charge is 0.226 e. The van der Waals surface area contributed by atoms with E-state index >= 15 is 0 Å². The number of rotatable bonds is 2. The Bertz CT molecular complexity index is 1120. The van der Waals surface area contributed by atoms with E-state index in [1.54, 1.807) is 0 Å². The van der Waals surface area contributed by atoms with Crippen molar-refractivity contribution in [2.75, 3.05) is 6.54 Å². The first-order valence-electron chi connectivity index (χ1n) is 14.7. The maximum atomic E-state index is 14.4. The topological polar surface area (TPSA) is 87.0 Å². The number of carbonyl (C=O) groups excluding carboxylic acids is 3. The summed E-state index contributed by atoms with van der Waals surface area (Å²) in [6, 6.07) is 2.19. The van der Waals surface area contributed by atoms with Crippen LogP contribution in [0.1, 0.15) is 99.8 Å². The molecular weight excluding hydrogens is 460 g/mol. The largest absolute Gasteiger partial charge is 0.356 e. The van der Waals surface area contributed by atoms with Crippen molar-refractivity contribution in [2.24, 2.45) is 56.7 Å². The summed E-state index contributed by atoms with van der Waals surface area (Å²) in [5.41, 5.74) is -0.708. The molecule has 0 spiro atoms. The van der Waals surface area contributed by atoms with Crippen molar-refractivity contribution in [3.8, 4) is 6.07 Å². The van der Waals surface area contributed by atoms with Gasteiger partial charge in [0.15, 0.2) is 5.78 Å². The number of hydrogen-bond acceptors (Lipinski definition) is 4. The van der Waals surface area contributed by atoms with E-state index < -0.39 is 5.41 Å². The molecule has 4 saturated carbocycles. The van der Waals surface area contributed by atoms with E-state index in [1.807, 2.05) is 19.9 Å². The number of nitriles is 1. The third kappa shape index (κ3) is 3.36. The van der Waals surface area contributed by atoms with Gasteiger partial charge in [-0.1, -0.05) is 47.6 Å². The van der Waals surface area contributed by atoms with Gasteiger partial charge in [-0.15, -0.1) is 0 Å². The quantitative estimate of drug-likeness (QED) is 0.495. The Morgan fingerprint density at radius 1 is 1.03 bits per heavy atom. The van der Waals surface area contributed by atoms with Crippen molar-refractivity contribution in [3.63, 3.8) is 0 Å². The number of amides is 1. The second-order valence-corrected chi connectivity index (χ2v) is 14.9. The number of allylic oxidation sites excluding steroid dienone is 2. The lowest BCUT2D eigenvalue weighted by molar-refractivity contribution is -0.218. The van der Waals surface area contributed by atoms with Crippen LogP contribution in [0.5, 0.6) is 0 Å². The van der Waals surface area contributed by atoms with Gasteiger partial charge in [0.05, 0.1) is 11.0 Å². The molecule has 9 atom stereocenters. The molecule has 0 aromatic carbocycles. The van der Waals surface area contributed by atoms with Crippen molar-refractivity contribution < 1.29 is 14.4 Å². The first-order chi connectivity index (χ1) is 17.2. The predicted octanol–water partition coefficient (Wildman–Crippen LogP) is 6.03. The third-order valence-corrected chi connectivity index (χ3v) is 12.9. The van der Waals surface area contributed by atoms with E-state index in [0.29, 0.717) is 18.7 Å². The highest BCUT2D eigenvalue weighted by molar-refractivity contribution is 6.02. The number of fused-ring (bicyclic) bond motifs is 7. The SMILES string of the molecule is CCNC(=O)[C@]12CCC(C)(C)CC1C1C(=O)CC3[C@@]4(C)C=C(C#N)C(=O)[C@@H](C)C4CC[C@@]3(C)[C@]1(C)CC2. The summed E-state index contributed by atoms with van der Waals surface area (Å²) in [6.07, 6.45) is 8.92. The fraction of sp³-hybridized carbons (Fsp3) is 0.812. The van der Waals surface area contributed by atoms with E-state index in [2.05, 4.69) is 46.0 Å². The van der Waals surface area contributed by atoms with Gasteiger partial charge in [0.2, 0.25) is 5.91 Å². The Hall–Kier alpha value is -1.96. The Kier molecular flexibility index (Phi) is 5.95. The molecule has 0 aliphatic heterocycles. The predicted molar refractivity (Wildman–Crippen MR) is 143 cm³/mol. The standard InChI is InChI=1S/C32H46N2O3/c1-8-34-27(37)32-13-11-28(3,4)17-22(32)25-23(35)15-24-29(5)16-20(18-33)26(36)19(2)21(29)9-10-30(24,6)31(25,7)12-14-32/h16,19,21-22,24-25H,8-15,17H2,1-7H3,(H,34,37)/t19-,21?,22?,24?,25?,29-,30+,31+,32-/m0/s1. The van der Waals surface area contributed by atoms with Crippen molar-refractivity contribution >= 4 is 17.5 Å². The molecule has 4 fully saturated rings. The van der Waals surface area contributed by atoms with Crippen LogP contribution in [-0.4, -0.2) is 24.0 Å². The van der Waals surface area contributed by atoms with E-state index in [4.69, 9.17) is 0 Å². The van der Waals surface area contributed by atoms with Crippen LogP contribution in [0, 0.1) is 68.0 Å².